The molecule has 1 unspecified atom stereocenters. The molecule has 110 valence electrons. The SMILES string of the molecule is COc1cnc(C)cc1N1CCC(C2CCCN2)CC1. The van der Waals surface area contributed by atoms with Gasteiger partial charge in [-0.1, -0.05) is 0 Å². The van der Waals surface area contributed by atoms with E-state index in [2.05, 4.69) is 21.3 Å². The minimum atomic E-state index is 0.762. The molecule has 1 aromatic heterocycles. The Morgan fingerprint density at radius 1 is 1.30 bits per heavy atom. The van der Waals surface area contributed by atoms with Crippen molar-refractivity contribution in [2.45, 2.75) is 38.6 Å². The number of nitrogens with zero attached hydrogens (tertiary/aromatic N) is 2. The van der Waals surface area contributed by atoms with Crippen LogP contribution in [0.3, 0.4) is 0 Å². The van der Waals surface area contributed by atoms with E-state index in [0.717, 1.165) is 36.5 Å². The van der Waals surface area contributed by atoms with Gasteiger partial charge in [0, 0.05) is 24.8 Å². The number of ether oxygens (including phenoxy) is 1. The summed E-state index contributed by atoms with van der Waals surface area (Å²) >= 11 is 0. The van der Waals surface area contributed by atoms with Crippen molar-refractivity contribution >= 4 is 5.69 Å². The normalized spacial score (nSPS) is 24.1. The number of piperidine rings is 1. The highest BCUT2D eigenvalue weighted by atomic mass is 16.5. The highest BCUT2D eigenvalue weighted by molar-refractivity contribution is 5.58. The number of pyridine rings is 1. The van der Waals surface area contributed by atoms with E-state index in [9.17, 15) is 0 Å². The van der Waals surface area contributed by atoms with E-state index in [-0.39, 0.29) is 0 Å². The van der Waals surface area contributed by atoms with Crippen molar-refractivity contribution in [1.82, 2.24) is 10.3 Å². The summed E-state index contributed by atoms with van der Waals surface area (Å²) in [6.07, 6.45) is 7.12. The molecule has 0 radical (unpaired) electrons. The van der Waals surface area contributed by atoms with Gasteiger partial charge >= 0.3 is 0 Å². The first-order valence-corrected chi connectivity index (χ1v) is 7.77. The van der Waals surface area contributed by atoms with Crippen LogP contribution >= 0.6 is 0 Å². The Morgan fingerprint density at radius 2 is 2.10 bits per heavy atom. The second-order valence-corrected chi connectivity index (χ2v) is 6.02. The first kappa shape index (κ1) is 13.7. The van der Waals surface area contributed by atoms with E-state index < -0.39 is 0 Å². The number of hydrogen-bond acceptors (Lipinski definition) is 4. The number of methoxy groups -OCH3 is 1. The second kappa shape index (κ2) is 6.00. The molecule has 4 heteroatoms. The lowest BCUT2D eigenvalue weighted by Gasteiger charge is -2.36. The van der Waals surface area contributed by atoms with Crippen molar-refractivity contribution in [3.8, 4) is 5.75 Å². The Balaban J connectivity index is 1.67. The summed E-state index contributed by atoms with van der Waals surface area (Å²) in [5.74, 6) is 1.75. The zero-order chi connectivity index (χ0) is 13.9. The maximum absolute atomic E-state index is 5.46. The van der Waals surface area contributed by atoms with Crippen LogP contribution in [0.25, 0.3) is 0 Å². The van der Waals surface area contributed by atoms with Gasteiger partial charge in [0.15, 0.2) is 5.75 Å². The lowest BCUT2D eigenvalue weighted by molar-refractivity contribution is 0.317. The lowest BCUT2D eigenvalue weighted by atomic mass is 9.88. The molecule has 3 rings (SSSR count). The monoisotopic (exact) mass is 275 g/mol. The third kappa shape index (κ3) is 2.75. The first-order chi connectivity index (χ1) is 9.78. The van der Waals surface area contributed by atoms with Gasteiger partial charge in [-0.3, -0.25) is 4.98 Å². The Morgan fingerprint density at radius 3 is 2.75 bits per heavy atom. The molecule has 2 fully saturated rings. The average Bonchev–Trinajstić information content (AvgIpc) is 3.02. The number of aromatic nitrogens is 1. The molecule has 4 nitrogen and oxygen atoms in total. The summed E-state index contributed by atoms with van der Waals surface area (Å²) < 4.78 is 5.46. The van der Waals surface area contributed by atoms with Crippen molar-refractivity contribution in [3.05, 3.63) is 18.0 Å². The number of rotatable bonds is 3. The van der Waals surface area contributed by atoms with Gasteiger partial charge in [-0.2, -0.15) is 0 Å². The van der Waals surface area contributed by atoms with Crippen LogP contribution in [0.2, 0.25) is 0 Å². The van der Waals surface area contributed by atoms with E-state index in [1.807, 2.05) is 13.1 Å². The van der Waals surface area contributed by atoms with Gasteiger partial charge in [0.25, 0.3) is 0 Å². The molecule has 3 heterocycles. The van der Waals surface area contributed by atoms with Gasteiger partial charge in [-0.25, -0.2) is 0 Å². The van der Waals surface area contributed by atoms with Crippen LogP contribution in [0.15, 0.2) is 12.3 Å². The largest absolute Gasteiger partial charge is 0.493 e. The molecule has 1 atom stereocenters. The predicted molar refractivity (Wildman–Crippen MR) is 81.5 cm³/mol. The lowest BCUT2D eigenvalue weighted by Crippen LogP contribution is -2.41. The van der Waals surface area contributed by atoms with Crippen LogP contribution in [-0.2, 0) is 0 Å². The van der Waals surface area contributed by atoms with E-state index in [1.165, 1.54) is 37.9 Å². The standard InChI is InChI=1S/C16H25N3O/c1-12-10-15(16(20-2)11-18-12)19-8-5-13(6-9-19)14-4-3-7-17-14/h10-11,13-14,17H,3-9H2,1-2H3. The minimum Gasteiger partial charge on any atom is -0.493 e. The van der Waals surface area contributed by atoms with Gasteiger partial charge in [0.05, 0.1) is 19.0 Å². The van der Waals surface area contributed by atoms with Gasteiger partial charge in [-0.15, -0.1) is 0 Å². The third-order valence-electron chi connectivity index (χ3n) is 4.75. The highest BCUT2D eigenvalue weighted by Crippen LogP contribution is 2.33. The highest BCUT2D eigenvalue weighted by Gasteiger charge is 2.29. The molecule has 1 aromatic rings. The number of anilines is 1. The van der Waals surface area contributed by atoms with Crippen LogP contribution < -0.4 is 15.0 Å². The summed E-state index contributed by atoms with van der Waals surface area (Å²) in [6, 6.07) is 2.91. The fourth-order valence-electron chi connectivity index (χ4n) is 3.59. The molecular formula is C16H25N3O. The molecular weight excluding hydrogens is 250 g/mol. The number of aryl methyl sites for hydroxylation is 1. The molecule has 0 amide bonds. The van der Waals surface area contributed by atoms with Gasteiger partial charge < -0.3 is 15.0 Å². The molecule has 0 bridgehead atoms. The van der Waals surface area contributed by atoms with Crippen molar-refractivity contribution < 1.29 is 4.74 Å². The van der Waals surface area contributed by atoms with E-state index >= 15 is 0 Å². The maximum Gasteiger partial charge on any atom is 0.160 e. The quantitative estimate of drug-likeness (QED) is 0.919. The molecule has 0 aromatic carbocycles. The summed E-state index contributed by atoms with van der Waals surface area (Å²) in [7, 11) is 1.73. The van der Waals surface area contributed by atoms with Gasteiger partial charge in [0.2, 0.25) is 0 Å². The fourth-order valence-corrected chi connectivity index (χ4v) is 3.59. The van der Waals surface area contributed by atoms with Crippen molar-refractivity contribution in [2.24, 2.45) is 5.92 Å². The van der Waals surface area contributed by atoms with Crippen molar-refractivity contribution in [2.75, 3.05) is 31.6 Å². The molecule has 20 heavy (non-hydrogen) atoms. The summed E-state index contributed by atoms with van der Waals surface area (Å²) in [5.41, 5.74) is 2.26. The smallest absolute Gasteiger partial charge is 0.160 e. The van der Waals surface area contributed by atoms with Crippen LogP contribution in [0.5, 0.6) is 5.75 Å². The van der Waals surface area contributed by atoms with Crippen molar-refractivity contribution in [3.63, 3.8) is 0 Å². The molecule has 1 N–H and O–H groups in total. The topological polar surface area (TPSA) is 37.4 Å². The van der Waals surface area contributed by atoms with Crippen LogP contribution in [0.4, 0.5) is 5.69 Å². The van der Waals surface area contributed by atoms with Crippen LogP contribution in [-0.4, -0.2) is 37.8 Å². The zero-order valence-corrected chi connectivity index (χ0v) is 12.6. The number of nitrogens with one attached hydrogen (secondary N) is 1. The van der Waals surface area contributed by atoms with Crippen LogP contribution in [0, 0.1) is 12.8 Å². The Labute approximate surface area is 121 Å². The predicted octanol–water partition coefficient (Wildman–Crippen LogP) is 2.37. The zero-order valence-electron chi connectivity index (χ0n) is 12.6. The molecule has 2 saturated heterocycles. The van der Waals surface area contributed by atoms with Crippen LogP contribution in [0.1, 0.15) is 31.4 Å². The van der Waals surface area contributed by atoms with Gasteiger partial charge in [0.1, 0.15) is 0 Å². The van der Waals surface area contributed by atoms with Gasteiger partial charge in [-0.05, 0) is 51.1 Å². The minimum absolute atomic E-state index is 0.762. The molecule has 0 saturated carbocycles. The molecule has 0 aliphatic carbocycles. The molecule has 2 aliphatic heterocycles. The summed E-state index contributed by atoms with van der Waals surface area (Å²) in [6.45, 7) is 5.51. The molecule has 0 spiro atoms. The van der Waals surface area contributed by atoms with Crippen molar-refractivity contribution in [1.29, 1.82) is 0 Å². The second-order valence-electron chi connectivity index (χ2n) is 6.02. The first-order valence-electron chi connectivity index (χ1n) is 7.77. The Hall–Kier alpha value is -1.29. The summed E-state index contributed by atoms with van der Waals surface area (Å²) in [4.78, 5) is 6.78. The number of hydrogen-bond donors (Lipinski definition) is 1. The molecule has 2 aliphatic rings. The fraction of sp³-hybridized carbons (Fsp3) is 0.688. The Kier molecular flexibility index (Phi) is 4.10. The Bertz CT molecular complexity index is 449. The third-order valence-corrected chi connectivity index (χ3v) is 4.75. The maximum atomic E-state index is 5.46. The van der Waals surface area contributed by atoms with E-state index in [4.69, 9.17) is 4.74 Å². The van der Waals surface area contributed by atoms with E-state index in [1.54, 1.807) is 7.11 Å². The summed E-state index contributed by atoms with van der Waals surface area (Å²) in [5, 5.41) is 3.66. The average molecular weight is 275 g/mol. The van der Waals surface area contributed by atoms with E-state index in [0.29, 0.717) is 0 Å².